The van der Waals surface area contributed by atoms with Crippen molar-refractivity contribution in [1.82, 2.24) is 14.7 Å². The lowest BCUT2D eigenvalue weighted by Crippen LogP contribution is -2.16. The summed E-state index contributed by atoms with van der Waals surface area (Å²) in [5.74, 6) is 0. The first-order valence-electron chi connectivity index (χ1n) is 4.60. The van der Waals surface area contributed by atoms with E-state index in [1.807, 2.05) is 14.1 Å². The Hall–Kier alpha value is -0.920. The molecule has 0 bridgehead atoms. The van der Waals surface area contributed by atoms with Gasteiger partial charge in [-0.3, -0.25) is 4.68 Å². The van der Waals surface area contributed by atoms with Crippen molar-refractivity contribution >= 4 is 10.0 Å². The van der Waals surface area contributed by atoms with Crippen LogP contribution in [0.4, 0.5) is 0 Å². The second-order valence-corrected chi connectivity index (χ2v) is 5.13. The second-order valence-electron chi connectivity index (χ2n) is 3.62. The highest BCUT2D eigenvalue weighted by atomic mass is 32.2. The summed E-state index contributed by atoms with van der Waals surface area (Å²) in [6.45, 7) is 1.62. The third-order valence-corrected chi connectivity index (χ3v) is 2.70. The van der Waals surface area contributed by atoms with E-state index in [0.717, 1.165) is 13.0 Å². The summed E-state index contributed by atoms with van der Waals surface area (Å²) in [5, 5.41) is 8.72. The number of rotatable bonds is 5. The van der Waals surface area contributed by atoms with E-state index in [-0.39, 0.29) is 5.03 Å². The topological polar surface area (TPSA) is 81.2 Å². The molecule has 0 aliphatic rings. The molecule has 0 aliphatic carbocycles. The van der Waals surface area contributed by atoms with Crippen molar-refractivity contribution in [3.8, 4) is 0 Å². The molecule has 0 spiro atoms. The number of sulfonamides is 1. The molecule has 0 saturated heterocycles. The van der Waals surface area contributed by atoms with Crippen LogP contribution in [0.2, 0.25) is 0 Å². The van der Waals surface area contributed by atoms with Gasteiger partial charge in [0.25, 0.3) is 10.0 Å². The molecular formula is C8H16N4O2S. The predicted octanol–water partition coefficient (Wildman–Crippen LogP) is -0.518. The predicted molar refractivity (Wildman–Crippen MR) is 56.8 cm³/mol. The maximum Gasteiger partial charge on any atom is 0.257 e. The first-order valence-corrected chi connectivity index (χ1v) is 6.15. The quantitative estimate of drug-likeness (QED) is 0.741. The van der Waals surface area contributed by atoms with Crippen molar-refractivity contribution < 1.29 is 8.42 Å². The fourth-order valence-electron chi connectivity index (χ4n) is 1.17. The number of aryl methyl sites for hydroxylation is 1. The highest BCUT2D eigenvalue weighted by Gasteiger charge is 2.10. The Labute approximate surface area is 89.7 Å². The molecule has 2 N–H and O–H groups in total. The minimum atomic E-state index is -3.67. The minimum Gasteiger partial charge on any atom is -0.309 e. The highest BCUT2D eigenvalue weighted by Crippen LogP contribution is 2.02. The standard InChI is InChI=1S/C8H16N4O2S/c1-11(2)5-3-6-12-7-4-8(10-12)15(9,13)14/h4,7H,3,5-6H2,1-2H3,(H2,9,13,14). The summed E-state index contributed by atoms with van der Waals surface area (Å²) in [7, 11) is 0.304. The monoisotopic (exact) mass is 232 g/mol. The summed E-state index contributed by atoms with van der Waals surface area (Å²) in [4.78, 5) is 2.06. The Kier molecular flexibility index (Phi) is 3.83. The average molecular weight is 232 g/mol. The third-order valence-electron chi connectivity index (χ3n) is 1.90. The molecule has 0 fully saturated rings. The summed E-state index contributed by atoms with van der Waals surface area (Å²) in [5.41, 5.74) is 0. The zero-order valence-electron chi connectivity index (χ0n) is 8.92. The molecule has 0 amide bonds. The Morgan fingerprint density at radius 1 is 1.53 bits per heavy atom. The number of nitrogens with two attached hydrogens (primary N) is 1. The van der Waals surface area contributed by atoms with Crippen molar-refractivity contribution in [2.75, 3.05) is 20.6 Å². The van der Waals surface area contributed by atoms with Crippen LogP contribution in [0.15, 0.2) is 17.3 Å². The zero-order chi connectivity index (χ0) is 11.5. The number of nitrogens with zero attached hydrogens (tertiary/aromatic N) is 3. The van der Waals surface area contributed by atoms with Crippen LogP contribution in [-0.2, 0) is 16.6 Å². The molecule has 0 radical (unpaired) electrons. The lowest BCUT2D eigenvalue weighted by atomic mass is 10.4. The van der Waals surface area contributed by atoms with Crippen LogP contribution in [0, 0.1) is 0 Å². The van der Waals surface area contributed by atoms with E-state index in [1.165, 1.54) is 6.07 Å². The van der Waals surface area contributed by atoms with Crippen LogP contribution in [0.1, 0.15) is 6.42 Å². The van der Waals surface area contributed by atoms with Gasteiger partial charge in [-0.05, 0) is 33.1 Å². The van der Waals surface area contributed by atoms with E-state index in [0.29, 0.717) is 6.54 Å². The zero-order valence-corrected chi connectivity index (χ0v) is 9.74. The van der Waals surface area contributed by atoms with Crippen LogP contribution >= 0.6 is 0 Å². The molecule has 0 saturated carbocycles. The van der Waals surface area contributed by atoms with Crippen molar-refractivity contribution in [3.63, 3.8) is 0 Å². The Balaban J connectivity index is 2.54. The fourth-order valence-corrected chi connectivity index (χ4v) is 1.64. The van der Waals surface area contributed by atoms with Gasteiger partial charge in [0.05, 0.1) is 0 Å². The van der Waals surface area contributed by atoms with Gasteiger partial charge in [0.1, 0.15) is 0 Å². The van der Waals surface area contributed by atoms with Crippen molar-refractivity contribution in [3.05, 3.63) is 12.3 Å². The molecule has 1 rings (SSSR count). The summed E-state index contributed by atoms with van der Waals surface area (Å²) < 4.78 is 23.4. The SMILES string of the molecule is CN(C)CCCn1ccc(S(N)(=O)=O)n1. The fraction of sp³-hybridized carbons (Fsp3) is 0.625. The summed E-state index contributed by atoms with van der Waals surface area (Å²) in [6, 6.07) is 1.41. The van der Waals surface area contributed by atoms with E-state index in [9.17, 15) is 8.42 Å². The van der Waals surface area contributed by atoms with Gasteiger partial charge >= 0.3 is 0 Å². The van der Waals surface area contributed by atoms with E-state index in [2.05, 4.69) is 10.00 Å². The molecule has 86 valence electrons. The molecular weight excluding hydrogens is 216 g/mol. The third kappa shape index (κ3) is 3.98. The molecule has 0 unspecified atom stereocenters. The molecule has 0 aliphatic heterocycles. The first-order chi connectivity index (χ1) is 6.89. The largest absolute Gasteiger partial charge is 0.309 e. The molecule has 0 atom stereocenters. The van der Waals surface area contributed by atoms with Crippen LogP contribution in [0.5, 0.6) is 0 Å². The minimum absolute atomic E-state index is 0.0765. The molecule has 6 nitrogen and oxygen atoms in total. The van der Waals surface area contributed by atoms with Gasteiger partial charge in [-0.1, -0.05) is 0 Å². The van der Waals surface area contributed by atoms with Crippen LogP contribution in [0.3, 0.4) is 0 Å². The molecule has 0 aromatic carbocycles. The smallest absolute Gasteiger partial charge is 0.257 e. The first kappa shape index (κ1) is 12.2. The molecule has 1 aromatic rings. The number of hydrogen-bond donors (Lipinski definition) is 1. The molecule has 15 heavy (non-hydrogen) atoms. The maximum absolute atomic E-state index is 10.9. The maximum atomic E-state index is 10.9. The molecule has 1 aromatic heterocycles. The second kappa shape index (κ2) is 4.73. The lowest BCUT2D eigenvalue weighted by molar-refractivity contribution is 0.379. The number of hydrogen-bond acceptors (Lipinski definition) is 4. The highest BCUT2D eigenvalue weighted by molar-refractivity contribution is 7.89. The van der Waals surface area contributed by atoms with Crippen LogP contribution < -0.4 is 5.14 Å². The van der Waals surface area contributed by atoms with Gasteiger partial charge in [0, 0.05) is 12.7 Å². The Morgan fingerprint density at radius 3 is 2.67 bits per heavy atom. The van der Waals surface area contributed by atoms with Gasteiger partial charge in [0.15, 0.2) is 5.03 Å². The molecule has 1 heterocycles. The number of primary sulfonamides is 1. The van der Waals surface area contributed by atoms with Crippen molar-refractivity contribution in [1.29, 1.82) is 0 Å². The average Bonchev–Trinajstić information content (AvgIpc) is 2.51. The van der Waals surface area contributed by atoms with Gasteiger partial charge in [0.2, 0.25) is 0 Å². The van der Waals surface area contributed by atoms with E-state index in [1.54, 1.807) is 10.9 Å². The lowest BCUT2D eigenvalue weighted by Gasteiger charge is -2.08. The Morgan fingerprint density at radius 2 is 2.20 bits per heavy atom. The van der Waals surface area contributed by atoms with Crippen molar-refractivity contribution in [2.45, 2.75) is 18.0 Å². The van der Waals surface area contributed by atoms with Crippen LogP contribution in [-0.4, -0.2) is 43.7 Å². The van der Waals surface area contributed by atoms with E-state index < -0.39 is 10.0 Å². The summed E-state index contributed by atoms with van der Waals surface area (Å²) >= 11 is 0. The Bertz CT molecular complexity index is 410. The molecule has 7 heteroatoms. The summed E-state index contributed by atoms with van der Waals surface area (Å²) in [6.07, 6.45) is 2.54. The van der Waals surface area contributed by atoms with Gasteiger partial charge in [-0.15, -0.1) is 0 Å². The van der Waals surface area contributed by atoms with Gasteiger partial charge < -0.3 is 4.90 Å². The van der Waals surface area contributed by atoms with Crippen molar-refractivity contribution in [2.24, 2.45) is 5.14 Å². The van der Waals surface area contributed by atoms with Crippen LogP contribution in [0.25, 0.3) is 0 Å². The van der Waals surface area contributed by atoms with E-state index >= 15 is 0 Å². The normalized spacial score (nSPS) is 12.3. The van der Waals surface area contributed by atoms with E-state index in [4.69, 9.17) is 5.14 Å². The number of aromatic nitrogens is 2. The van der Waals surface area contributed by atoms with Gasteiger partial charge in [-0.25, -0.2) is 13.6 Å². The van der Waals surface area contributed by atoms with Gasteiger partial charge in [-0.2, -0.15) is 5.10 Å².